The van der Waals surface area contributed by atoms with Crippen LogP contribution in [0.2, 0.25) is 0 Å². The van der Waals surface area contributed by atoms with E-state index in [0.29, 0.717) is 18.3 Å². The maximum absolute atomic E-state index is 12.1. The van der Waals surface area contributed by atoms with Gasteiger partial charge < -0.3 is 19.7 Å². The molecule has 1 aliphatic heterocycles. The van der Waals surface area contributed by atoms with Crippen LogP contribution in [0.4, 0.5) is 4.79 Å². The molecule has 7 heteroatoms. The molecule has 0 spiro atoms. The number of aliphatic hydroxyl groups is 1. The molecule has 166 valence electrons. The number of hydrogen-bond donors (Lipinski definition) is 2. The molecule has 31 heavy (non-hydrogen) atoms. The van der Waals surface area contributed by atoms with Gasteiger partial charge in [0.1, 0.15) is 11.5 Å². The maximum Gasteiger partial charge on any atom is 0.408 e. The van der Waals surface area contributed by atoms with Crippen LogP contribution in [0.3, 0.4) is 0 Å². The molecule has 0 fully saturated rings. The fourth-order valence-corrected chi connectivity index (χ4v) is 4.43. The van der Waals surface area contributed by atoms with E-state index >= 15 is 0 Å². The van der Waals surface area contributed by atoms with E-state index in [2.05, 4.69) is 36.4 Å². The van der Waals surface area contributed by atoms with Crippen molar-refractivity contribution in [3.05, 3.63) is 71.5 Å². The van der Waals surface area contributed by atoms with Gasteiger partial charge in [0, 0.05) is 5.57 Å². The molecule has 2 atom stereocenters. The van der Waals surface area contributed by atoms with E-state index in [0.717, 1.165) is 28.9 Å². The molecule has 0 aromatic heterocycles. The number of ether oxygens (including phenoxy) is 2. The van der Waals surface area contributed by atoms with Crippen molar-refractivity contribution in [2.75, 3.05) is 19.8 Å². The van der Waals surface area contributed by atoms with Gasteiger partial charge in [-0.3, -0.25) is 4.90 Å². The SMILES string of the molecule is CC(C)CCOc1cccc2c1C(I)C(CN(C(=O)O)C(CO)c1ccccc1)=CO2. The van der Waals surface area contributed by atoms with Crippen molar-refractivity contribution in [2.45, 2.75) is 30.2 Å². The molecule has 0 bridgehead atoms. The molecular formula is C24H28INO5. The Kier molecular flexibility index (Phi) is 8.20. The minimum absolute atomic E-state index is 0.114. The van der Waals surface area contributed by atoms with Crippen LogP contribution in [-0.4, -0.2) is 41.0 Å². The fourth-order valence-electron chi connectivity index (χ4n) is 3.48. The van der Waals surface area contributed by atoms with Crippen LogP contribution in [0, 0.1) is 5.92 Å². The highest BCUT2D eigenvalue weighted by Crippen LogP contribution is 2.46. The van der Waals surface area contributed by atoms with Crippen LogP contribution in [0.1, 0.15) is 41.4 Å². The third-order valence-electron chi connectivity index (χ3n) is 5.23. The Bertz CT molecular complexity index is 915. The summed E-state index contributed by atoms with van der Waals surface area (Å²) < 4.78 is 11.8. The van der Waals surface area contributed by atoms with Crippen LogP contribution in [0.5, 0.6) is 11.5 Å². The Hall–Kier alpha value is -2.26. The lowest BCUT2D eigenvalue weighted by Gasteiger charge is -2.32. The summed E-state index contributed by atoms with van der Waals surface area (Å²) in [5.41, 5.74) is 2.45. The maximum atomic E-state index is 12.1. The first kappa shape index (κ1) is 23.4. The Morgan fingerprint density at radius 1 is 1.19 bits per heavy atom. The van der Waals surface area contributed by atoms with Crippen LogP contribution in [0.25, 0.3) is 0 Å². The summed E-state index contributed by atoms with van der Waals surface area (Å²) in [4.78, 5) is 13.3. The van der Waals surface area contributed by atoms with Gasteiger partial charge in [-0.05, 0) is 30.0 Å². The fraction of sp³-hybridized carbons (Fsp3) is 0.375. The number of amides is 1. The topological polar surface area (TPSA) is 79.2 Å². The second-order valence-corrected chi connectivity index (χ2v) is 9.14. The zero-order valence-electron chi connectivity index (χ0n) is 17.7. The molecule has 1 heterocycles. The summed E-state index contributed by atoms with van der Waals surface area (Å²) >= 11 is 2.30. The summed E-state index contributed by atoms with van der Waals surface area (Å²) in [5.74, 6) is 2.01. The molecule has 2 unspecified atom stereocenters. The third kappa shape index (κ3) is 5.71. The summed E-state index contributed by atoms with van der Waals surface area (Å²) in [6, 6.07) is 14.2. The first-order valence-electron chi connectivity index (χ1n) is 10.3. The van der Waals surface area contributed by atoms with Gasteiger partial charge in [0.05, 0.1) is 41.6 Å². The lowest BCUT2D eigenvalue weighted by molar-refractivity contribution is 0.102. The number of carboxylic acid groups (broad SMARTS) is 1. The highest BCUT2D eigenvalue weighted by atomic mass is 127. The minimum Gasteiger partial charge on any atom is -0.493 e. The van der Waals surface area contributed by atoms with Gasteiger partial charge in [-0.2, -0.15) is 0 Å². The van der Waals surface area contributed by atoms with E-state index in [9.17, 15) is 15.0 Å². The van der Waals surface area contributed by atoms with Gasteiger partial charge in [0.2, 0.25) is 0 Å². The lowest BCUT2D eigenvalue weighted by atomic mass is 10.00. The Morgan fingerprint density at radius 2 is 1.94 bits per heavy atom. The standard InChI is InChI=1S/C24H28INO5/c1-16(2)11-12-30-20-9-6-10-21-22(20)23(25)18(15-31-21)13-26(24(28)29)19(14-27)17-7-4-3-5-8-17/h3-10,15-16,19,23,27H,11-14H2,1-2H3,(H,28,29). The van der Waals surface area contributed by atoms with Crippen molar-refractivity contribution in [2.24, 2.45) is 5.92 Å². The number of benzene rings is 2. The Labute approximate surface area is 196 Å². The van der Waals surface area contributed by atoms with Crippen molar-refractivity contribution in [1.82, 2.24) is 4.90 Å². The van der Waals surface area contributed by atoms with E-state index in [-0.39, 0.29) is 17.1 Å². The highest BCUT2D eigenvalue weighted by Gasteiger charge is 2.31. The number of aliphatic hydroxyl groups excluding tert-OH is 1. The molecule has 2 aromatic carbocycles. The minimum atomic E-state index is -1.10. The number of fused-ring (bicyclic) bond motifs is 1. The van der Waals surface area contributed by atoms with Gasteiger partial charge in [0.25, 0.3) is 0 Å². The van der Waals surface area contributed by atoms with Crippen LogP contribution in [0.15, 0.2) is 60.4 Å². The first-order valence-corrected chi connectivity index (χ1v) is 11.6. The van der Waals surface area contributed by atoms with Crippen molar-refractivity contribution in [3.8, 4) is 11.5 Å². The zero-order chi connectivity index (χ0) is 22.4. The van der Waals surface area contributed by atoms with Crippen molar-refractivity contribution in [1.29, 1.82) is 0 Å². The van der Waals surface area contributed by atoms with Gasteiger partial charge in [0.15, 0.2) is 0 Å². The van der Waals surface area contributed by atoms with Crippen LogP contribution < -0.4 is 9.47 Å². The monoisotopic (exact) mass is 537 g/mol. The second-order valence-electron chi connectivity index (χ2n) is 7.89. The first-order chi connectivity index (χ1) is 14.9. The number of halogens is 1. The Morgan fingerprint density at radius 3 is 2.58 bits per heavy atom. The molecule has 2 aromatic rings. The van der Waals surface area contributed by atoms with Gasteiger partial charge >= 0.3 is 6.09 Å². The lowest BCUT2D eigenvalue weighted by Crippen LogP contribution is -2.38. The van der Waals surface area contributed by atoms with Gasteiger partial charge in [-0.1, -0.05) is 72.8 Å². The summed E-state index contributed by atoms with van der Waals surface area (Å²) in [6.45, 7) is 4.72. The van der Waals surface area contributed by atoms with Gasteiger partial charge in [-0.15, -0.1) is 0 Å². The van der Waals surface area contributed by atoms with Crippen molar-refractivity contribution >= 4 is 28.7 Å². The van der Waals surface area contributed by atoms with Crippen LogP contribution >= 0.6 is 22.6 Å². The average Bonchev–Trinajstić information content (AvgIpc) is 2.75. The zero-order valence-corrected chi connectivity index (χ0v) is 19.9. The summed E-state index contributed by atoms with van der Waals surface area (Å²) in [6.07, 6.45) is 1.47. The van der Waals surface area contributed by atoms with Crippen molar-refractivity contribution in [3.63, 3.8) is 0 Å². The van der Waals surface area contributed by atoms with Crippen LogP contribution in [-0.2, 0) is 0 Å². The number of hydrogen-bond acceptors (Lipinski definition) is 4. The van der Waals surface area contributed by atoms with Crippen molar-refractivity contribution < 1.29 is 24.5 Å². The molecule has 6 nitrogen and oxygen atoms in total. The Balaban J connectivity index is 1.83. The van der Waals surface area contributed by atoms with E-state index in [1.807, 2.05) is 48.5 Å². The molecule has 0 saturated heterocycles. The summed E-state index contributed by atoms with van der Waals surface area (Å²) in [5, 5.41) is 19.9. The average molecular weight is 537 g/mol. The smallest absolute Gasteiger partial charge is 0.408 e. The highest BCUT2D eigenvalue weighted by molar-refractivity contribution is 14.1. The molecule has 0 saturated carbocycles. The van der Waals surface area contributed by atoms with E-state index < -0.39 is 12.1 Å². The van der Waals surface area contributed by atoms with E-state index in [4.69, 9.17) is 9.47 Å². The molecule has 0 aliphatic carbocycles. The molecule has 0 radical (unpaired) electrons. The van der Waals surface area contributed by atoms with Gasteiger partial charge in [-0.25, -0.2) is 4.79 Å². The number of carbonyl (C=O) groups is 1. The predicted molar refractivity (Wildman–Crippen MR) is 128 cm³/mol. The van der Waals surface area contributed by atoms with E-state index in [1.165, 1.54) is 4.90 Å². The molecule has 3 rings (SSSR count). The number of alkyl halides is 1. The van der Waals surface area contributed by atoms with E-state index in [1.54, 1.807) is 6.26 Å². The second kappa shape index (κ2) is 10.9. The molecule has 2 N–H and O–H groups in total. The quantitative estimate of drug-likeness (QED) is 0.323. The molecule has 1 amide bonds. The normalized spacial score (nSPS) is 16.2. The third-order valence-corrected chi connectivity index (χ3v) is 6.65. The molecular weight excluding hydrogens is 509 g/mol. The molecule has 1 aliphatic rings. The predicted octanol–water partition coefficient (Wildman–Crippen LogP) is 5.58. The number of rotatable bonds is 9. The summed E-state index contributed by atoms with van der Waals surface area (Å²) in [7, 11) is 0. The number of nitrogens with zero attached hydrogens (tertiary/aromatic N) is 1. The largest absolute Gasteiger partial charge is 0.493 e.